The van der Waals surface area contributed by atoms with Gasteiger partial charge in [0.2, 0.25) is 5.91 Å². The molecule has 2 unspecified atom stereocenters. The van der Waals surface area contributed by atoms with Crippen LogP contribution in [0.4, 0.5) is 0 Å². The smallest absolute Gasteiger partial charge is 0.249 e. The zero-order chi connectivity index (χ0) is 11.6. The van der Waals surface area contributed by atoms with Crippen LogP contribution in [0.5, 0.6) is 0 Å². The highest BCUT2D eigenvalue weighted by Crippen LogP contribution is 2.30. The third-order valence-corrected chi connectivity index (χ3v) is 3.54. The Labute approximate surface area is 95.3 Å². The van der Waals surface area contributed by atoms with Gasteiger partial charge in [-0.3, -0.25) is 4.79 Å². The van der Waals surface area contributed by atoms with Crippen LogP contribution in [-0.4, -0.2) is 41.9 Å². The number of hydrogen-bond acceptors (Lipinski definition) is 4. The summed E-state index contributed by atoms with van der Waals surface area (Å²) in [5.41, 5.74) is 4.81. The van der Waals surface area contributed by atoms with Gasteiger partial charge in [0.05, 0.1) is 11.7 Å². The van der Waals surface area contributed by atoms with Crippen molar-refractivity contribution < 1.29 is 14.6 Å². The Kier molecular flexibility index (Phi) is 3.47. The number of carbonyl (C=O) groups excluding carboxylic acids is 1. The first-order valence-corrected chi connectivity index (χ1v) is 5.99. The zero-order valence-corrected chi connectivity index (χ0v) is 9.45. The molecule has 0 radical (unpaired) electrons. The van der Waals surface area contributed by atoms with Gasteiger partial charge < -0.3 is 20.9 Å². The molecular weight excluding hydrogens is 208 g/mol. The van der Waals surface area contributed by atoms with Gasteiger partial charge in [-0.2, -0.15) is 0 Å². The monoisotopic (exact) mass is 228 g/mol. The molecule has 1 aliphatic heterocycles. The number of nitrogens with two attached hydrogens (primary N) is 1. The van der Waals surface area contributed by atoms with E-state index < -0.39 is 5.60 Å². The summed E-state index contributed by atoms with van der Waals surface area (Å²) in [6.07, 6.45) is 3.82. The summed E-state index contributed by atoms with van der Waals surface area (Å²) in [5, 5.41) is 12.6. The molecule has 0 aromatic rings. The quantitative estimate of drug-likeness (QED) is 0.607. The molecule has 1 saturated heterocycles. The Hall–Kier alpha value is -0.650. The van der Waals surface area contributed by atoms with E-state index in [1.807, 2.05) is 0 Å². The summed E-state index contributed by atoms with van der Waals surface area (Å²) in [6, 6.07) is 0. The Morgan fingerprint density at radius 3 is 2.75 bits per heavy atom. The zero-order valence-electron chi connectivity index (χ0n) is 9.45. The molecule has 16 heavy (non-hydrogen) atoms. The predicted octanol–water partition coefficient (Wildman–Crippen LogP) is -0.476. The van der Waals surface area contributed by atoms with E-state index in [0.717, 1.165) is 32.1 Å². The predicted molar refractivity (Wildman–Crippen MR) is 58.8 cm³/mol. The third-order valence-electron chi connectivity index (χ3n) is 3.54. The average Bonchev–Trinajstić information content (AvgIpc) is 2.71. The number of aliphatic hydroxyl groups is 1. The van der Waals surface area contributed by atoms with E-state index in [9.17, 15) is 9.90 Å². The molecule has 2 aliphatic rings. The van der Waals surface area contributed by atoms with E-state index in [4.69, 9.17) is 10.5 Å². The lowest BCUT2D eigenvalue weighted by molar-refractivity contribution is -0.134. The van der Waals surface area contributed by atoms with Crippen molar-refractivity contribution in [2.45, 2.75) is 49.9 Å². The largest absolute Gasteiger partial charge is 0.388 e. The lowest BCUT2D eigenvalue weighted by atomic mass is 9.80. The first-order valence-electron chi connectivity index (χ1n) is 5.99. The molecule has 1 saturated carbocycles. The minimum atomic E-state index is -0.665. The normalized spacial score (nSPS) is 32.1. The molecule has 5 nitrogen and oxygen atoms in total. The Morgan fingerprint density at radius 2 is 2.25 bits per heavy atom. The lowest BCUT2D eigenvalue weighted by Gasteiger charge is -2.36. The summed E-state index contributed by atoms with van der Waals surface area (Å²) in [7, 11) is 0. The van der Waals surface area contributed by atoms with Crippen molar-refractivity contribution in [3.05, 3.63) is 0 Å². The summed E-state index contributed by atoms with van der Waals surface area (Å²) in [4.78, 5) is 11.7. The molecule has 4 N–H and O–H groups in total. The maximum absolute atomic E-state index is 11.7. The van der Waals surface area contributed by atoms with E-state index in [0.29, 0.717) is 13.1 Å². The summed E-state index contributed by atoms with van der Waals surface area (Å²) >= 11 is 0. The van der Waals surface area contributed by atoms with Crippen molar-refractivity contribution in [2.24, 2.45) is 5.73 Å². The fraction of sp³-hybridized carbons (Fsp3) is 0.909. The second-order valence-electron chi connectivity index (χ2n) is 4.86. The van der Waals surface area contributed by atoms with E-state index in [2.05, 4.69) is 5.32 Å². The van der Waals surface area contributed by atoms with Gasteiger partial charge in [-0.1, -0.05) is 0 Å². The van der Waals surface area contributed by atoms with E-state index >= 15 is 0 Å². The number of hydrogen-bond donors (Lipinski definition) is 3. The fourth-order valence-electron chi connectivity index (χ4n) is 2.20. The summed E-state index contributed by atoms with van der Waals surface area (Å²) in [6.45, 7) is 0.812. The summed E-state index contributed by atoms with van der Waals surface area (Å²) in [5.74, 6) is -0.115. The maximum atomic E-state index is 11.7. The SMILES string of the molecule is NCC1CCC(C(=O)NCC2(O)CCC2)O1. The van der Waals surface area contributed by atoms with Crippen molar-refractivity contribution >= 4 is 5.91 Å². The highest BCUT2D eigenvalue weighted by atomic mass is 16.5. The molecule has 2 atom stereocenters. The molecule has 0 spiro atoms. The molecule has 1 heterocycles. The molecule has 5 heteroatoms. The molecule has 1 aliphatic carbocycles. The van der Waals surface area contributed by atoms with E-state index in [-0.39, 0.29) is 18.1 Å². The third kappa shape index (κ3) is 2.53. The van der Waals surface area contributed by atoms with Gasteiger partial charge in [-0.05, 0) is 32.1 Å². The Balaban J connectivity index is 1.72. The number of nitrogens with one attached hydrogen (secondary N) is 1. The van der Waals surface area contributed by atoms with Crippen molar-refractivity contribution in [1.82, 2.24) is 5.32 Å². The van der Waals surface area contributed by atoms with Gasteiger partial charge in [-0.15, -0.1) is 0 Å². The number of amides is 1. The van der Waals surface area contributed by atoms with Crippen LogP contribution in [0, 0.1) is 0 Å². The van der Waals surface area contributed by atoms with Crippen LogP contribution < -0.4 is 11.1 Å². The van der Waals surface area contributed by atoms with Crippen molar-refractivity contribution in [1.29, 1.82) is 0 Å². The second kappa shape index (κ2) is 4.69. The van der Waals surface area contributed by atoms with Gasteiger partial charge in [0, 0.05) is 13.1 Å². The van der Waals surface area contributed by atoms with Gasteiger partial charge in [0.25, 0.3) is 0 Å². The topological polar surface area (TPSA) is 84.6 Å². The molecule has 0 bridgehead atoms. The first kappa shape index (κ1) is 11.8. The van der Waals surface area contributed by atoms with Gasteiger partial charge in [0.1, 0.15) is 6.10 Å². The number of ether oxygens (including phenoxy) is 1. The highest BCUT2D eigenvalue weighted by molar-refractivity contribution is 5.81. The Bertz CT molecular complexity index is 266. The van der Waals surface area contributed by atoms with Gasteiger partial charge in [-0.25, -0.2) is 0 Å². The number of rotatable bonds is 4. The molecular formula is C11H20N2O3. The van der Waals surface area contributed by atoms with Crippen LogP contribution in [0.25, 0.3) is 0 Å². The fourth-order valence-corrected chi connectivity index (χ4v) is 2.20. The maximum Gasteiger partial charge on any atom is 0.249 e. The first-order chi connectivity index (χ1) is 7.63. The molecule has 0 aromatic heterocycles. The van der Waals surface area contributed by atoms with Crippen LogP contribution in [0.3, 0.4) is 0 Å². The van der Waals surface area contributed by atoms with Crippen LogP contribution in [0.15, 0.2) is 0 Å². The van der Waals surface area contributed by atoms with Crippen LogP contribution in [-0.2, 0) is 9.53 Å². The average molecular weight is 228 g/mol. The Morgan fingerprint density at radius 1 is 1.50 bits per heavy atom. The van der Waals surface area contributed by atoms with E-state index in [1.165, 1.54) is 0 Å². The van der Waals surface area contributed by atoms with Crippen molar-refractivity contribution in [3.63, 3.8) is 0 Å². The molecule has 92 valence electrons. The molecule has 2 fully saturated rings. The van der Waals surface area contributed by atoms with Crippen molar-refractivity contribution in [3.8, 4) is 0 Å². The standard InChI is InChI=1S/C11H20N2O3/c12-6-8-2-3-9(16-8)10(14)13-7-11(15)4-1-5-11/h8-9,15H,1-7,12H2,(H,13,14). The van der Waals surface area contributed by atoms with Gasteiger partial charge >= 0.3 is 0 Å². The lowest BCUT2D eigenvalue weighted by Crippen LogP contribution is -2.49. The van der Waals surface area contributed by atoms with Crippen LogP contribution in [0.2, 0.25) is 0 Å². The van der Waals surface area contributed by atoms with E-state index in [1.54, 1.807) is 0 Å². The second-order valence-corrected chi connectivity index (χ2v) is 4.86. The molecule has 2 rings (SSSR count). The summed E-state index contributed by atoms with van der Waals surface area (Å²) < 4.78 is 5.47. The molecule has 1 amide bonds. The van der Waals surface area contributed by atoms with Gasteiger partial charge in [0.15, 0.2) is 0 Å². The minimum absolute atomic E-state index is 0.0162. The molecule has 0 aromatic carbocycles. The van der Waals surface area contributed by atoms with Crippen LogP contribution in [0.1, 0.15) is 32.1 Å². The van der Waals surface area contributed by atoms with Crippen LogP contribution >= 0.6 is 0 Å². The van der Waals surface area contributed by atoms with Crippen molar-refractivity contribution in [2.75, 3.05) is 13.1 Å². The number of carbonyl (C=O) groups is 1. The highest BCUT2D eigenvalue weighted by Gasteiger charge is 2.36. The minimum Gasteiger partial charge on any atom is -0.388 e.